The molecule has 5 nitrogen and oxygen atoms in total. The fourth-order valence-corrected chi connectivity index (χ4v) is 2.47. The first-order valence-electron chi connectivity index (χ1n) is 7.47. The summed E-state index contributed by atoms with van der Waals surface area (Å²) in [6.45, 7) is 0.184. The number of furan rings is 1. The van der Waals surface area contributed by atoms with Crippen LogP contribution >= 0.6 is 0 Å². The zero-order chi connectivity index (χ0) is 16.9. The van der Waals surface area contributed by atoms with Crippen LogP contribution in [-0.2, 0) is 27.3 Å². The van der Waals surface area contributed by atoms with E-state index < -0.39 is 11.9 Å². The molecule has 0 aliphatic carbocycles. The second-order valence-electron chi connectivity index (χ2n) is 5.22. The number of para-hydroxylation sites is 1. The van der Waals surface area contributed by atoms with Gasteiger partial charge in [-0.05, 0) is 11.6 Å². The van der Waals surface area contributed by atoms with Crippen LogP contribution in [-0.4, -0.2) is 19.0 Å². The molecule has 0 radical (unpaired) electrons. The standard InChI is InChI=1S/C19H16O5/c1-22-19(21)18-15(14-9-5-6-10-16(14)24-18)11-17(20)23-12-13-7-3-2-4-8-13/h2-10H,11-12H2,1H3. The lowest BCUT2D eigenvalue weighted by molar-refractivity contribution is -0.144. The Labute approximate surface area is 138 Å². The van der Waals surface area contributed by atoms with Crippen molar-refractivity contribution in [3.8, 4) is 0 Å². The topological polar surface area (TPSA) is 65.7 Å². The first kappa shape index (κ1) is 15.8. The molecule has 5 heteroatoms. The van der Waals surface area contributed by atoms with Gasteiger partial charge in [-0.3, -0.25) is 4.79 Å². The molecule has 0 amide bonds. The van der Waals surface area contributed by atoms with E-state index in [4.69, 9.17) is 13.9 Å². The maximum absolute atomic E-state index is 12.2. The molecule has 3 rings (SSSR count). The summed E-state index contributed by atoms with van der Waals surface area (Å²) in [5.74, 6) is -1.01. The van der Waals surface area contributed by atoms with Crippen LogP contribution in [0.5, 0.6) is 0 Å². The molecule has 0 unspecified atom stereocenters. The van der Waals surface area contributed by atoms with Crippen LogP contribution in [0.4, 0.5) is 0 Å². The maximum atomic E-state index is 12.2. The fourth-order valence-electron chi connectivity index (χ4n) is 2.47. The molecule has 0 aliphatic heterocycles. The van der Waals surface area contributed by atoms with Gasteiger partial charge in [-0.2, -0.15) is 0 Å². The normalized spacial score (nSPS) is 10.5. The van der Waals surface area contributed by atoms with E-state index in [0.717, 1.165) is 5.56 Å². The zero-order valence-electron chi connectivity index (χ0n) is 13.2. The number of hydrogen-bond acceptors (Lipinski definition) is 5. The minimum atomic E-state index is -0.614. The van der Waals surface area contributed by atoms with Gasteiger partial charge in [0.1, 0.15) is 12.2 Å². The third kappa shape index (κ3) is 3.30. The SMILES string of the molecule is COC(=O)c1oc2ccccc2c1CC(=O)OCc1ccccc1. The van der Waals surface area contributed by atoms with Gasteiger partial charge in [0.15, 0.2) is 0 Å². The molecule has 0 saturated heterocycles. The Hall–Kier alpha value is -3.08. The van der Waals surface area contributed by atoms with Crippen molar-refractivity contribution in [3.63, 3.8) is 0 Å². The Morgan fingerprint density at radius 2 is 1.71 bits per heavy atom. The smallest absolute Gasteiger partial charge is 0.374 e. The number of carbonyl (C=O) groups is 2. The summed E-state index contributed by atoms with van der Waals surface area (Å²) in [4.78, 5) is 24.1. The molecular weight excluding hydrogens is 308 g/mol. The minimum absolute atomic E-state index is 0.0374. The number of carbonyl (C=O) groups excluding carboxylic acids is 2. The van der Waals surface area contributed by atoms with E-state index in [-0.39, 0.29) is 18.8 Å². The number of ether oxygens (including phenoxy) is 2. The second kappa shape index (κ2) is 7.00. The molecule has 0 spiro atoms. The molecule has 0 saturated carbocycles. The number of methoxy groups -OCH3 is 1. The molecule has 1 aromatic heterocycles. The van der Waals surface area contributed by atoms with Gasteiger partial charge in [0, 0.05) is 10.9 Å². The molecule has 0 aliphatic rings. The number of benzene rings is 2. The van der Waals surface area contributed by atoms with Gasteiger partial charge in [0.25, 0.3) is 0 Å². The van der Waals surface area contributed by atoms with Crippen LogP contribution < -0.4 is 0 Å². The third-order valence-electron chi connectivity index (χ3n) is 3.63. The molecular formula is C19H16O5. The predicted octanol–water partition coefficient (Wildman–Crippen LogP) is 3.51. The molecule has 0 atom stereocenters. The summed E-state index contributed by atoms with van der Waals surface area (Å²) >= 11 is 0. The molecule has 0 N–H and O–H groups in total. The molecule has 24 heavy (non-hydrogen) atoms. The van der Waals surface area contributed by atoms with Crippen molar-refractivity contribution in [1.29, 1.82) is 0 Å². The molecule has 0 fully saturated rings. The number of fused-ring (bicyclic) bond motifs is 1. The fraction of sp³-hybridized carbons (Fsp3) is 0.158. The first-order chi connectivity index (χ1) is 11.7. The first-order valence-corrected chi connectivity index (χ1v) is 7.47. The molecule has 122 valence electrons. The van der Waals surface area contributed by atoms with E-state index in [1.54, 1.807) is 18.2 Å². The monoisotopic (exact) mass is 324 g/mol. The van der Waals surface area contributed by atoms with Crippen molar-refractivity contribution >= 4 is 22.9 Å². The molecule has 3 aromatic rings. The second-order valence-corrected chi connectivity index (χ2v) is 5.22. The Morgan fingerprint density at radius 3 is 2.46 bits per heavy atom. The van der Waals surface area contributed by atoms with Crippen LogP contribution in [0, 0.1) is 0 Å². The van der Waals surface area contributed by atoms with E-state index in [9.17, 15) is 9.59 Å². The van der Waals surface area contributed by atoms with Crippen molar-refractivity contribution in [1.82, 2.24) is 0 Å². The van der Waals surface area contributed by atoms with E-state index >= 15 is 0 Å². The van der Waals surface area contributed by atoms with Crippen molar-refractivity contribution < 1.29 is 23.5 Å². The van der Waals surface area contributed by atoms with Crippen molar-refractivity contribution in [2.45, 2.75) is 13.0 Å². The Balaban J connectivity index is 1.80. The lowest BCUT2D eigenvalue weighted by Gasteiger charge is -2.05. The highest BCUT2D eigenvalue weighted by Crippen LogP contribution is 2.27. The Morgan fingerprint density at radius 1 is 1.00 bits per heavy atom. The van der Waals surface area contributed by atoms with Gasteiger partial charge in [-0.15, -0.1) is 0 Å². The lowest BCUT2D eigenvalue weighted by atomic mass is 10.1. The Kier molecular flexibility index (Phi) is 4.61. The van der Waals surface area contributed by atoms with Crippen molar-refractivity contribution in [2.24, 2.45) is 0 Å². The minimum Gasteiger partial charge on any atom is -0.463 e. The van der Waals surface area contributed by atoms with Crippen LogP contribution in [0.3, 0.4) is 0 Å². The van der Waals surface area contributed by atoms with Crippen molar-refractivity contribution in [3.05, 3.63) is 71.5 Å². The van der Waals surface area contributed by atoms with E-state index in [0.29, 0.717) is 16.5 Å². The summed E-state index contributed by atoms with van der Waals surface area (Å²) < 4.78 is 15.6. The third-order valence-corrected chi connectivity index (χ3v) is 3.63. The number of hydrogen-bond donors (Lipinski definition) is 0. The summed E-state index contributed by atoms with van der Waals surface area (Å²) in [5.41, 5.74) is 1.91. The van der Waals surface area contributed by atoms with Gasteiger partial charge >= 0.3 is 11.9 Å². The van der Waals surface area contributed by atoms with E-state index in [1.165, 1.54) is 7.11 Å². The van der Waals surface area contributed by atoms with Gasteiger partial charge in [0.2, 0.25) is 5.76 Å². The molecule has 0 bridgehead atoms. The summed E-state index contributed by atoms with van der Waals surface area (Å²) in [6, 6.07) is 16.5. The summed E-state index contributed by atoms with van der Waals surface area (Å²) in [7, 11) is 1.27. The van der Waals surface area contributed by atoms with Crippen LogP contribution in [0.15, 0.2) is 59.0 Å². The van der Waals surface area contributed by atoms with Crippen LogP contribution in [0.1, 0.15) is 21.7 Å². The number of esters is 2. The van der Waals surface area contributed by atoms with Gasteiger partial charge in [-0.1, -0.05) is 48.5 Å². The zero-order valence-corrected chi connectivity index (χ0v) is 13.2. The maximum Gasteiger partial charge on any atom is 0.374 e. The van der Waals surface area contributed by atoms with Crippen LogP contribution in [0.25, 0.3) is 11.0 Å². The summed E-state index contributed by atoms with van der Waals surface area (Å²) in [5, 5.41) is 0.703. The van der Waals surface area contributed by atoms with Gasteiger partial charge in [0.05, 0.1) is 13.5 Å². The van der Waals surface area contributed by atoms with E-state index in [2.05, 4.69) is 0 Å². The lowest BCUT2D eigenvalue weighted by Crippen LogP contribution is -2.11. The average molecular weight is 324 g/mol. The highest BCUT2D eigenvalue weighted by atomic mass is 16.5. The van der Waals surface area contributed by atoms with E-state index in [1.807, 2.05) is 36.4 Å². The van der Waals surface area contributed by atoms with Crippen molar-refractivity contribution in [2.75, 3.05) is 7.11 Å². The van der Waals surface area contributed by atoms with Gasteiger partial charge < -0.3 is 13.9 Å². The van der Waals surface area contributed by atoms with Gasteiger partial charge in [-0.25, -0.2) is 4.79 Å². The molecule has 2 aromatic carbocycles. The highest BCUT2D eigenvalue weighted by Gasteiger charge is 2.23. The largest absolute Gasteiger partial charge is 0.463 e. The predicted molar refractivity (Wildman–Crippen MR) is 87.5 cm³/mol. The Bertz CT molecular complexity index is 864. The average Bonchev–Trinajstić information content (AvgIpc) is 2.99. The molecule has 1 heterocycles. The summed E-state index contributed by atoms with van der Waals surface area (Å²) in [6.07, 6.45) is -0.0612. The van der Waals surface area contributed by atoms with Crippen LogP contribution in [0.2, 0.25) is 0 Å². The quantitative estimate of drug-likeness (QED) is 0.672. The number of rotatable bonds is 5. The highest BCUT2D eigenvalue weighted by molar-refractivity contribution is 5.98.